The van der Waals surface area contributed by atoms with Crippen LogP contribution in [0.1, 0.15) is 62.1 Å². The first-order chi connectivity index (χ1) is 15.4. The predicted molar refractivity (Wildman–Crippen MR) is 127 cm³/mol. The molecule has 0 heterocycles. The molecule has 1 fully saturated rings. The number of benzene rings is 2. The van der Waals surface area contributed by atoms with Crippen LogP contribution in [0.4, 0.5) is 0 Å². The Balaban J connectivity index is 1.59. The Morgan fingerprint density at radius 1 is 1.06 bits per heavy atom. The van der Waals surface area contributed by atoms with Crippen molar-refractivity contribution in [1.82, 2.24) is 10.2 Å². The van der Waals surface area contributed by atoms with Crippen molar-refractivity contribution in [2.24, 2.45) is 0 Å². The maximum Gasteiger partial charge on any atom is 0.242 e. The van der Waals surface area contributed by atoms with Crippen molar-refractivity contribution in [2.75, 3.05) is 6.61 Å². The third kappa shape index (κ3) is 7.11. The first-order valence-electron chi connectivity index (χ1n) is 11.8. The Kier molecular flexibility index (Phi) is 8.72. The summed E-state index contributed by atoms with van der Waals surface area (Å²) >= 11 is 0. The summed E-state index contributed by atoms with van der Waals surface area (Å²) in [6, 6.07) is 15.7. The molecule has 32 heavy (non-hydrogen) atoms. The Labute approximate surface area is 192 Å². The van der Waals surface area contributed by atoms with E-state index in [0.29, 0.717) is 26.0 Å². The van der Waals surface area contributed by atoms with Crippen LogP contribution in [-0.4, -0.2) is 35.4 Å². The van der Waals surface area contributed by atoms with Gasteiger partial charge in [0, 0.05) is 19.0 Å². The number of amides is 2. The van der Waals surface area contributed by atoms with Gasteiger partial charge in [-0.2, -0.15) is 0 Å². The zero-order valence-corrected chi connectivity index (χ0v) is 19.6. The number of hydrogen-bond donors (Lipinski definition) is 1. The highest BCUT2D eigenvalue weighted by atomic mass is 16.5. The standard InChI is InChI=1S/C27H36N2O3/c1-20-13-15-25(16-14-20)32-17-7-12-26(30)29(19-23-9-6-8-21(2)18-23)22(3)27(31)28-24-10-4-5-11-24/h6,8-9,13-16,18,22,24H,4-5,7,10-12,17,19H2,1-3H3,(H,28,31)/t22-/m1/s1. The molecule has 1 N–H and O–H groups in total. The van der Waals surface area contributed by atoms with Crippen LogP contribution in [0, 0.1) is 13.8 Å². The molecule has 1 atom stereocenters. The smallest absolute Gasteiger partial charge is 0.242 e. The highest BCUT2D eigenvalue weighted by Gasteiger charge is 2.28. The van der Waals surface area contributed by atoms with E-state index >= 15 is 0 Å². The molecule has 0 aliphatic heterocycles. The van der Waals surface area contributed by atoms with E-state index in [2.05, 4.69) is 11.4 Å². The molecule has 5 heteroatoms. The summed E-state index contributed by atoms with van der Waals surface area (Å²) in [5.41, 5.74) is 3.36. The van der Waals surface area contributed by atoms with Crippen molar-refractivity contribution in [3.05, 3.63) is 65.2 Å². The second-order valence-corrected chi connectivity index (χ2v) is 8.94. The van der Waals surface area contributed by atoms with Crippen LogP contribution in [-0.2, 0) is 16.1 Å². The lowest BCUT2D eigenvalue weighted by Crippen LogP contribution is -2.49. The maximum atomic E-state index is 13.2. The zero-order valence-electron chi connectivity index (χ0n) is 19.6. The molecule has 3 rings (SSSR count). The minimum Gasteiger partial charge on any atom is -0.494 e. The summed E-state index contributed by atoms with van der Waals surface area (Å²) in [5, 5.41) is 3.15. The van der Waals surface area contributed by atoms with E-state index in [1.165, 1.54) is 5.56 Å². The van der Waals surface area contributed by atoms with Crippen LogP contribution in [0.15, 0.2) is 48.5 Å². The van der Waals surface area contributed by atoms with Crippen molar-refractivity contribution in [3.63, 3.8) is 0 Å². The van der Waals surface area contributed by atoms with Gasteiger partial charge in [-0.05, 0) is 57.7 Å². The van der Waals surface area contributed by atoms with Crippen LogP contribution in [0.2, 0.25) is 0 Å². The van der Waals surface area contributed by atoms with Crippen LogP contribution in [0.5, 0.6) is 5.75 Å². The highest BCUT2D eigenvalue weighted by Crippen LogP contribution is 2.19. The quantitative estimate of drug-likeness (QED) is 0.537. The first-order valence-corrected chi connectivity index (χ1v) is 11.8. The monoisotopic (exact) mass is 436 g/mol. The molecule has 2 amide bonds. The minimum atomic E-state index is -0.512. The van der Waals surface area contributed by atoms with Crippen molar-refractivity contribution >= 4 is 11.8 Å². The second-order valence-electron chi connectivity index (χ2n) is 8.94. The summed E-state index contributed by atoms with van der Waals surface area (Å²) in [4.78, 5) is 27.8. The van der Waals surface area contributed by atoms with E-state index in [1.54, 1.807) is 4.90 Å². The fourth-order valence-corrected chi connectivity index (χ4v) is 4.17. The number of hydrogen-bond acceptors (Lipinski definition) is 3. The summed E-state index contributed by atoms with van der Waals surface area (Å²) in [6.07, 6.45) is 5.33. The van der Waals surface area contributed by atoms with Gasteiger partial charge in [0.1, 0.15) is 11.8 Å². The van der Waals surface area contributed by atoms with Crippen molar-refractivity contribution in [2.45, 2.75) is 77.9 Å². The largest absolute Gasteiger partial charge is 0.494 e. The lowest BCUT2D eigenvalue weighted by molar-refractivity contribution is -0.141. The molecule has 0 saturated heterocycles. The van der Waals surface area contributed by atoms with Gasteiger partial charge in [-0.15, -0.1) is 0 Å². The Morgan fingerprint density at radius 3 is 2.47 bits per heavy atom. The van der Waals surface area contributed by atoms with Crippen LogP contribution in [0.3, 0.4) is 0 Å². The lowest BCUT2D eigenvalue weighted by Gasteiger charge is -2.30. The predicted octanol–water partition coefficient (Wildman–Crippen LogP) is 4.94. The van der Waals surface area contributed by atoms with Gasteiger partial charge in [0.25, 0.3) is 0 Å². The molecule has 0 spiro atoms. The molecule has 2 aromatic rings. The van der Waals surface area contributed by atoms with Crippen molar-refractivity contribution < 1.29 is 14.3 Å². The van der Waals surface area contributed by atoms with Gasteiger partial charge in [0.15, 0.2) is 0 Å². The molecular formula is C27H36N2O3. The molecule has 5 nitrogen and oxygen atoms in total. The van der Waals surface area contributed by atoms with Gasteiger partial charge in [-0.25, -0.2) is 0 Å². The Morgan fingerprint density at radius 2 is 1.78 bits per heavy atom. The summed E-state index contributed by atoms with van der Waals surface area (Å²) in [7, 11) is 0. The normalized spacial score (nSPS) is 14.7. The number of rotatable bonds is 10. The number of ether oxygens (including phenoxy) is 1. The molecule has 0 radical (unpaired) electrons. The van der Waals surface area contributed by atoms with Gasteiger partial charge in [0.05, 0.1) is 6.61 Å². The van der Waals surface area contributed by atoms with E-state index in [4.69, 9.17) is 4.74 Å². The van der Waals surface area contributed by atoms with E-state index in [-0.39, 0.29) is 17.9 Å². The number of carbonyl (C=O) groups excluding carboxylic acids is 2. The molecule has 0 bridgehead atoms. The first kappa shape index (κ1) is 23.8. The summed E-state index contributed by atoms with van der Waals surface area (Å²) in [5.74, 6) is 0.728. The number of carbonyl (C=O) groups is 2. The number of nitrogens with zero attached hydrogens (tertiary/aromatic N) is 1. The highest BCUT2D eigenvalue weighted by molar-refractivity contribution is 5.87. The third-order valence-corrected chi connectivity index (χ3v) is 6.13. The summed E-state index contributed by atoms with van der Waals surface area (Å²) in [6.45, 7) is 6.80. The topological polar surface area (TPSA) is 58.6 Å². The molecule has 1 saturated carbocycles. The molecular weight excluding hydrogens is 400 g/mol. The number of nitrogens with one attached hydrogen (secondary N) is 1. The van der Waals surface area contributed by atoms with Gasteiger partial charge < -0.3 is 15.0 Å². The van der Waals surface area contributed by atoms with Gasteiger partial charge >= 0.3 is 0 Å². The Bertz CT molecular complexity index is 888. The molecule has 2 aromatic carbocycles. The second kappa shape index (κ2) is 11.7. The van der Waals surface area contributed by atoms with Crippen molar-refractivity contribution in [3.8, 4) is 5.75 Å². The average molecular weight is 437 g/mol. The maximum absolute atomic E-state index is 13.2. The zero-order chi connectivity index (χ0) is 22.9. The van der Waals surface area contributed by atoms with Gasteiger partial charge in [0.2, 0.25) is 11.8 Å². The minimum absolute atomic E-state index is 0.0203. The van der Waals surface area contributed by atoms with Crippen LogP contribution < -0.4 is 10.1 Å². The van der Waals surface area contributed by atoms with E-state index < -0.39 is 6.04 Å². The summed E-state index contributed by atoms with van der Waals surface area (Å²) < 4.78 is 5.77. The van der Waals surface area contributed by atoms with Crippen LogP contribution >= 0.6 is 0 Å². The third-order valence-electron chi connectivity index (χ3n) is 6.13. The van der Waals surface area contributed by atoms with E-state index in [0.717, 1.165) is 42.6 Å². The van der Waals surface area contributed by atoms with Gasteiger partial charge in [-0.3, -0.25) is 9.59 Å². The molecule has 1 aliphatic rings. The molecule has 1 aliphatic carbocycles. The lowest BCUT2D eigenvalue weighted by atomic mass is 10.1. The van der Waals surface area contributed by atoms with Crippen molar-refractivity contribution in [1.29, 1.82) is 0 Å². The fraction of sp³-hybridized carbons (Fsp3) is 0.481. The van der Waals surface area contributed by atoms with E-state index in [1.807, 2.05) is 63.2 Å². The molecule has 0 unspecified atom stereocenters. The molecule has 172 valence electrons. The average Bonchev–Trinajstić information content (AvgIpc) is 3.28. The number of aryl methyl sites for hydroxylation is 2. The SMILES string of the molecule is Cc1ccc(OCCCC(=O)N(Cc2cccc(C)c2)[C@H](C)C(=O)NC2CCCC2)cc1. The Hall–Kier alpha value is -2.82. The van der Waals surface area contributed by atoms with Crippen LogP contribution in [0.25, 0.3) is 0 Å². The fourth-order valence-electron chi connectivity index (χ4n) is 4.17. The van der Waals surface area contributed by atoms with E-state index in [9.17, 15) is 9.59 Å². The molecule has 0 aromatic heterocycles. The van der Waals surface area contributed by atoms with Gasteiger partial charge in [-0.1, -0.05) is 60.4 Å².